The van der Waals surface area contributed by atoms with Gasteiger partial charge < -0.3 is 4.74 Å². The van der Waals surface area contributed by atoms with E-state index in [4.69, 9.17) is 11.2 Å². The molecule has 0 aliphatic rings. The number of rotatable bonds is 2. The Hall–Kier alpha value is -2.08. The highest BCUT2D eigenvalue weighted by Crippen LogP contribution is 2.21. The average molecular weight is 198 g/mol. The van der Waals surface area contributed by atoms with Crippen LogP contribution in [0.3, 0.4) is 0 Å². The number of para-hydroxylation sites is 1. The SMILES string of the molecule is C#CCOc1nc(C)nc2ccccc12. The average Bonchev–Trinajstić information content (AvgIpc) is 2.25. The third-order valence-corrected chi connectivity index (χ3v) is 1.97. The molecular formula is C12H10N2O. The highest BCUT2D eigenvalue weighted by atomic mass is 16.5. The van der Waals surface area contributed by atoms with Crippen LogP contribution in [0.25, 0.3) is 10.9 Å². The second-order valence-electron chi connectivity index (χ2n) is 3.09. The maximum Gasteiger partial charge on any atom is 0.225 e. The van der Waals surface area contributed by atoms with Crippen molar-refractivity contribution in [2.75, 3.05) is 6.61 Å². The molecular weight excluding hydrogens is 188 g/mol. The minimum atomic E-state index is 0.223. The summed E-state index contributed by atoms with van der Waals surface area (Å²) in [4.78, 5) is 8.51. The van der Waals surface area contributed by atoms with Gasteiger partial charge in [-0.15, -0.1) is 6.42 Å². The van der Waals surface area contributed by atoms with Crippen LogP contribution >= 0.6 is 0 Å². The van der Waals surface area contributed by atoms with Crippen molar-refractivity contribution in [3.05, 3.63) is 30.1 Å². The lowest BCUT2D eigenvalue weighted by Gasteiger charge is -2.05. The van der Waals surface area contributed by atoms with E-state index in [9.17, 15) is 0 Å². The quantitative estimate of drug-likeness (QED) is 0.692. The fourth-order valence-electron chi connectivity index (χ4n) is 1.38. The van der Waals surface area contributed by atoms with Crippen molar-refractivity contribution in [3.63, 3.8) is 0 Å². The van der Waals surface area contributed by atoms with Crippen LogP contribution in [0, 0.1) is 19.3 Å². The summed E-state index contributed by atoms with van der Waals surface area (Å²) < 4.78 is 5.36. The standard InChI is InChI=1S/C12H10N2O/c1-3-8-15-12-10-6-4-5-7-11(10)13-9(2)14-12/h1,4-7H,8H2,2H3. The fraction of sp³-hybridized carbons (Fsp3) is 0.167. The van der Waals surface area contributed by atoms with Crippen molar-refractivity contribution in [2.45, 2.75) is 6.92 Å². The molecule has 0 N–H and O–H groups in total. The van der Waals surface area contributed by atoms with E-state index < -0.39 is 0 Å². The van der Waals surface area contributed by atoms with Gasteiger partial charge in [0.2, 0.25) is 5.88 Å². The molecule has 0 radical (unpaired) electrons. The van der Waals surface area contributed by atoms with E-state index in [0.717, 1.165) is 10.9 Å². The zero-order valence-electron chi connectivity index (χ0n) is 8.40. The van der Waals surface area contributed by atoms with Crippen LogP contribution in [0.5, 0.6) is 5.88 Å². The van der Waals surface area contributed by atoms with Crippen LogP contribution in [0.2, 0.25) is 0 Å². The Morgan fingerprint density at radius 1 is 1.33 bits per heavy atom. The summed E-state index contributed by atoms with van der Waals surface area (Å²) in [6, 6.07) is 7.69. The number of terminal acetylenes is 1. The lowest BCUT2D eigenvalue weighted by Crippen LogP contribution is -1.99. The summed E-state index contributed by atoms with van der Waals surface area (Å²) in [5.74, 6) is 3.65. The maximum atomic E-state index is 5.36. The van der Waals surface area contributed by atoms with Gasteiger partial charge >= 0.3 is 0 Å². The van der Waals surface area contributed by atoms with Crippen LogP contribution in [0.15, 0.2) is 24.3 Å². The molecule has 0 fully saturated rings. The van der Waals surface area contributed by atoms with Crippen LogP contribution in [0.4, 0.5) is 0 Å². The van der Waals surface area contributed by atoms with Crippen LogP contribution < -0.4 is 4.74 Å². The van der Waals surface area contributed by atoms with Gasteiger partial charge in [-0.1, -0.05) is 18.1 Å². The lowest BCUT2D eigenvalue weighted by molar-refractivity contribution is 0.359. The summed E-state index contributed by atoms with van der Waals surface area (Å²) >= 11 is 0. The molecule has 0 amide bonds. The Balaban J connectivity index is 2.56. The Bertz CT molecular complexity index is 529. The Kier molecular flexibility index (Phi) is 2.51. The van der Waals surface area contributed by atoms with E-state index in [1.165, 1.54) is 0 Å². The molecule has 0 spiro atoms. The van der Waals surface area contributed by atoms with Crippen LogP contribution in [0.1, 0.15) is 5.82 Å². The number of ether oxygens (including phenoxy) is 1. The first-order valence-corrected chi connectivity index (χ1v) is 4.61. The molecule has 15 heavy (non-hydrogen) atoms. The number of hydrogen-bond donors (Lipinski definition) is 0. The Morgan fingerprint density at radius 3 is 2.93 bits per heavy atom. The summed E-state index contributed by atoms with van der Waals surface area (Å²) in [6.45, 7) is 2.05. The van der Waals surface area contributed by atoms with Crippen molar-refractivity contribution < 1.29 is 4.74 Å². The van der Waals surface area contributed by atoms with Crippen molar-refractivity contribution >= 4 is 10.9 Å². The third-order valence-electron chi connectivity index (χ3n) is 1.97. The van der Waals surface area contributed by atoms with Gasteiger partial charge in [-0.2, -0.15) is 4.98 Å². The minimum Gasteiger partial charge on any atom is -0.464 e. The van der Waals surface area contributed by atoms with Gasteiger partial charge in [0.15, 0.2) is 6.61 Å². The van der Waals surface area contributed by atoms with Gasteiger partial charge in [-0.25, -0.2) is 4.98 Å². The molecule has 1 aromatic heterocycles. The topological polar surface area (TPSA) is 35.0 Å². The number of fused-ring (bicyclic) bond motifs is 1. The number of nitrogens with zero attached hydrogens (tertiary/aromatic N) is 2. The first-order valence-electron chi connectivity index (χ1n) is 4.61. The lowest BCUT2D eigenvalue weighted by atomic mass is 10.2. The van der Waals surface area contributed by atoms with E-state index in [1.807, 2.05) is 31.2 Å². The van der Waals surface area contributed by atoms with E-state index in [-0.39, 0.29) is 6.61 Å². The molecule has 0 saturated heterocycles. The zero-order valence-corrected chi connectivity index (χ0v) is 8.40. The number of aryl methyl sites for hydroxylation is 1. The highest BCUT2D eigenvalue weighted by molar-refractivity contribution is 5.83. The molecule has 3 heteroatoms. The van der Waals surface area contributed by atoms with Crippen molar-refractivity contribution in [1.29, 1.82) is 0 Å². The summed E-state index contributed by atoms with van der Waals surface area (Å²) in [6.07, 6.45) is 5.14. The van der Waals surface area contributed by atoms with Gasteiger partial charge in [0.25, 0.3) is 0 Å². The van der Waals surface area contributed by atoms with Gasteiger partial charge in [0.05, 0.1) is 10.9 Å². The number of benzene rings is 1. The Labute approximate surface area is 88.1 Å². The highest BCUT2D eigenvalue weighted by Gasteiger charge is 2.05. The van der Waals surface area contributed by atoms with Gasteiger partial charge in [-0.3, -0.25) is 0 Å². The van der Waals surface area contributed by atoms with E-state index >= 15 is 0 Å². The van der Waals surface area contributed by atoms with E-state index in [1.54, 1.807) is 0 Å². The number of aromatic nitrogens is 2. The summed E-state index contributed by atoms with van der Waals surface area (Å²) in [5, 5.41) is 0.887. The minimum absolute atomic E-state index is 0.223. The zero-order chi connectivity index (χ0) is 10.7. The second kappa shape index (κ2) is 3.97. The fourth-order valence-corrected chi connectivity index (χ4v) is 1.38. The molecule has 2 aromatic rings. The van der Waals surface area contributed by atoms with Gasteiger partial charge in [0, 0.05) is 0 Å². The summed E-state index contributed by atoms with van der Waals surface area (Å²) in [7, 11) is 0. The Morgan fingerprint density at radius 2 is 2.13 bits per heavy atom. The molecule has 0 bridgehead atoms. The molecule has 0 atom stereocenters. The molecule has 1 aromatic carbocycles. The predicted octanol–water partition coefficient (Wildman–Crippen LogP) is 1.95. The number of hydrogen-bond acceptors (Lipinski definition) is 3. The monoisotopic (exact) mass is 198 g/mol. The molecule has 0 aliphatic carbocycles. The molecule has 0 unspecified atom stereocenters. The molecule has 0 aliphatic heterocycles. The van der Waals surface area contributed by atoms with E-state index in [0.29, 0.717) is 11.7 Å². The van der Waals surface area contributed by atoms with Crippen molar-refractivity contribution in [3.8, 4) is 18.2 Å². The predicted molar refractivity (Wildman–Crippen MR) is 58.6 cm³/mol. The first-order chi connectivity index (χ1) is 7.31. The normalized spacial score (nSPS) is 9.87. The van der Waals surface area contributed by atoms with Crippen molar-refractivity contribution in [2.24, 2.45) is 0 Å². The van der Waals surface area contributed by atoms with E-state index in [2.05, 4.69) is 15.9 Å². The smallest absolute Gasteiger partial charge is 0.225 e. The molecule has 2 rings (SSSR count). The van der Waals surface area contributed by atoms with Crippen LogP contribution in [-0.4, -0.2) is 16.6 Å². The third kappa shape index (κ3) is 1.89. The maximum absolute atomic E-state index is 5.36. The largest absolute Gasteiger partial charge is 0.464 e. The van der Waals surface area contributed by atoms with Crippen molar-refractivity contribution in [1.82, 2.24) is 9.97 Å². The van der Waals surface area contributed by atoms with Crippen LogP contribution in [-0.2, 0) is 0 Å². The van der Waals surface area contributed by atoms with Gasteiger partial charge in [-0.05, 0) is 19.1 Å². The first kappa shape index (κ1) is 9.47. The summed E-state index contributed by atoms with van der Waals surface area (Å²) in [5.41, 5.74) is 0.872. The second-order valence-corrected chi connectivity index (χ2v) is 3.09. The molecule has 0 saturated carbocycles. The van der Waals surface area contributed by atoms with Gasteiger partial charge in [0.1, 0.15) is 5.82 Å². The molecule has 3 nitrogen and oxygen atoms in total. The molecule has 74 valence electrons. The molecule has 1 heterocycles.